The molecule has 0 spiro atoms. The molecule has 0 aliphatic carbocycles. The molecule has 29 heavy (non-hydrogen) atoms. The molecule has 0 bridgehead atoms. The van der Waals surface area contributed by atoms with Crippen LogP contribution in [0.3, 0.4) is 0 Å². The highest BCUT2D eigenvalue weighted by Gasteiger charge is 2.30. The van der Waals surface area contributed by atoms with Crippen LogP contribution in [0.5, 0.6) is 0 Å². The largest absolute Gasteiger partial charge is 0.481 e. The van der Waals surface area contributed by atoms with Crippen molar-refractivity contribution in [2.24, 2.45) is 11.7 Å². The number of hydrogen-bond acceptors (Lipinski definition) is 5. The SMILES string of the molecule is CC[C@H](C)[C@H](NC(=O)[C@H](Cc1ccccc1)NC(=O)[C@@H](N)CCC(=O)O)C(=O)O. The first-order valence-electron chi connectivity index (χ1n) is 9.50. The maximum Gasteiger partial charge on any atom is 0.326 e. The van der Waals surface area contributed by atoms with Gasteiger partial charge in [-0.3, -0.25) is 14.4 Å². The number of aliphatic carboxylic acids is 2. The minimum Gasteiger partial charge on any atom is -0.481 e. The van der Waals surface area contributed by atoms with E-state index in [1.807, 2.05) is 13.0 Å². The van der Waals surface area contributed by atoms with Crippen LogP contribution in [-0.4, -0.2) is 52.1 Å². The van der Waals surface area contributed by atoms with Crippen LogP contribution in [0.1, 0.15) is 38.7 Å². The van der Waals surface area contributed by atoms with Gasteiger partial charge in [-0.15, -0.1) is 0 Å². The van der Waals surface area contributed by atoms with E-state index >= 15 is 0 Å². The maximum atomic E-state index is 12.8. The summed E-state index contributed by atoms with van der Waals surface area (Å²) in [6.45, 7) is 3.53. The van der Waals surface area contributed by atoms with Gasteiger partial charge in [-0.2, -0.15) is 0 Å². The van der Waals surface area contributed by atoms with Crippen LogP contribution in [-0.2, 0) is 25.6 Å². The first-order valence-corrected chi connectivity index (χ1v) is 9.50. The molecule has 160 valence electrons. The van der Waals surface area contributed by atoms with Crippen molar-refractivity contribution in [3.05, 3.63) is 35.9 Å². The highest BCUT2D eigenvalue weighted by Crippen LogP contribution is 2.10. The molecule has 9 heteroatoms. The molecule has 4 atom stereocenters. The zero-order valence-electron chi connectivity index (χ0n) is 16.6. The lowest BCUT2D eigenvalue weighted by Gasteiger charge is -2.25. The van der Waals surface area contributed by atoms with Crippen molar-refractivity contribution in [2.45, 2.75) is 57.7 Å². The zero-order valence-corrected chi connectivity index (χ0v) is 16.6. The molecule has 1 aromatic rings. The summed E-state index contributed by atoms with van der Waals surface area (Å²) in [4.78, 5) is 47.3. The quantitative estimate of drug-likeness (QED) is 0.338. The number of nitrogens with two attached hydrogens (primary N) is 1. The Hall–Kier alpha value is -2.94. The van der Waals surface area contributed by atoms with E-state index in [1.54, 1.807) is 31.2 Å². The second kappa shape index (κ2) is 11.8. The molecule has 6 N–H and O–H groups in total. The standard InChI is InChI=1S/C20H29N3O6/c1-3-12(2)17(20(28)29)23-19(27)15(11-13-7-5-4-6-8-13)22-18(26)14(21)9-10-16(24)25/h4-8,12,14-15,17H,3,9-11,21H2,1-2H3,(H,22,26)(H,23,27)(H,24,25)(H,28,29)/t12-,14-,15-,17-/m0/s1. The van der Waals surface area contributed by atoms with Crippen LogP contribution in [0.15, 0.2) is 30.3 Å². The summed E-state index contributed by atoms with van der Waals surface area (Å²) in [5, 5.41) is 23.2. The number of carboxylic acids is 2. The van der Waals surface area contributed by atoms with Gasteiger partial charge in [0.05, 0.1) is 6.04 Å². The lowest BCUT2D eigenvalue weighted by Crippen LogP contribution is -2.56. The van der Waals surface area contributed by atoms with Gasteiger partial charge >= 0.3 is 11.9 Å². The van der Waals surface area contributed by atoms with Gasteiger partial charge < -0.3 is 26.6 Å². The monoisotopic (exact) mass is 407 g/mol. The number of amides is 2. The van der Waals surface area contributed by atoms with E-state index in [9.17, 15) is 24.3 Å². The van der Waals surface area contributed by atoms with E-state index < -0.39 is 41.9 Å². The van der Waals surface area contributed by atoms with Gasteiger partial charge in [0.25, 0.3) is 0 Å². The minimum atomic E-state index is -1.16. The molecule has 1 aromatic carbocycles. The molecule has 0 aliphatic heterocycles. The second-order valence-corrected chi connectivity index (χ2v) is 7.00. The van der Waals surface area contributed by atoms with Gasteiger partial charge in [-0.1, -0.05) is 50.6 Å². The normalized spacial score (nSPS) is 14.9. The Morgan fingerprint density at radius 3 is 2.17 bits per heavy atom. The molecular formula is C20H29N3O6. The van der Waals surface area contributed by atoms with Gasteiger partial charge in [-0.25, -0.2) is 4.79 Å². The van der Waals surface area contributed by atoms with Crippen LogP contribution < -0.4 is 16.4 Å². The van der Waals surface area contributed by atoms with Crippen LogP contribution >= 0.6 is 0 Å². The Labute approximate surface area is 169 Å². The number of nitrogens with one attached hydrogen (secondary N) is 2. The van der Waals surface area contributed by atoms with Crippen LogP contribution in [0, 0.1) is 5.92 Å². The topological polar surface area (TPSA) is 159 Å². The minimum absolute atomic E-state index is 0.0779. The summed E-state index contributed by atoms with van der Waals surface area (Å²) >= 11 is 0. The molecule has 2 amide bonds. The van der Waals surface area contributed by atoms with Crippen molar-refractivity contribution in [2.75, 3.05) is 0 Å². The van der Waals surface area contributed by atoms with Crippen molar-refractivity contribution in [3.63, 3.8) is 0 Å². The fourth-order valence-corrected chi connectivity index (χ4v) is 2.68. The highest BCUT2D eigenvalue weighted by molar-refractivity contribution is 5.92. The average molecular weight is 407 g/mol. The van der Waals surface area contributed by atoms with Crippen molar-refractivity contribution in [1.82, 2.24) is 10.6 Å². The number of benzene rings is 1. The Kier molecular flexibility index (Phi) is 9.81. The van der Waals surface area contributed by atoms with Crippen molar-refractivity contribution in [3.8, 4) is 0 Å². The van der Waals surface area contributed by atoms with Gasteiger partial charge in [0.15, 0.2) is 0 Å². The summed E-state index contributed by atoms with van der Waals surface area (Å²) in [5.74, 6) is -3.85. The summed E-state index contributed by atoms with van der Waals surface area (Å²) in [6, 6.07) is 5.69. The summed E-state index contributed by atoms with van der Waals surface area (Å²) in [7, 11) is 0. The highest BCUT2D eigenvalue weighted by atomic mass is 16.4. The maximum absolute atomic E-state index is 12.8. The summed E-state index contributed by atoms with van der Waals surface area (Å²) < 4.78 is 0. The van der Waals surface area contributed by atoms with E-state index in [-0.39, 0.29) is 25.2 Å². The van der Waals surface area contributed by atoms with E-state index in [0.29, 0.717) is 6.42 Å². The third kappa shape index (κ3) is 8.30. The molecule has 0 heterocycles. The van der Waals surface area contributed by atoms with E-state index in [1.165, 1.54) is 0 Å². The fourth-order valence-electron chi connectivity index (χ4n) is 2.68. The first-order chi connectivity index (χ1) is 13.6. The molecule has 0 unspecified atom stereocenters. The van der Waals surface area contributed by atoms with Crippen LogP contribution in [0.4, 0.5) is 0 Å². The average Bonchev–Trinajstić information content (AvgIpc) is 2.69. The number of rotatable bonds is 12. The molecule has 0 fully saturated rings. The van der Waals surface area contributed by atoms with Crippen LogP contribution in [0.2, 0.25) is 0 Å². The number of carbonyl (C=O) groups excluding carboxylic acids is 2. The fraction of sp³-hybridized carbons (Fsp3) is 0.500. The summed E-state index contributed by atoms with van der Waals surface area (Å²) in [6.07, 6.45) is 0.328. The first kappa shape index (κ1) is 24.1. The molecule has 0 aliphatic rings. The molecule has 0 aromatic heterocycles. The Balaban J connectivity index is 2.94. The van der Waals surface area contributed by atoms with Gasteiger partial charge in [-0.05, 0) is 17.9 Å². The predicted molar refractivity (Wildman–Crippen MR) is 106 cm³/mol. The van der Waals surface area contributed by atoms with Crippen molar-refractivity contribution in [1.29, 1.82) is 0 Å². The van der Waals surface area contributed by atoms with Crippen LogP contribution in [0.25, 0.3) is 0 Å². The Bertz CT molecular complexity index is 709. The smallest absolute Gasteiger partial charge is 0.326 e. The molecule has 0 radical (unpaired) electrons. The van der Waals surface area contributed by atoms with E-state index in [4.69, 9.17) is 10.8 Å². The lowest BCUT2D eigenvalue weighted by atomic mass is 9.98. The number of carbonyl (C=O) groups is 4. The molecule has 0 saturated heterocycles. The third-order valence-electron chi connectivity index (χ3n) is 4.70. The van der Waals surface area contributed by atoms with Gasteiger partial charge in [0, 0.05) is 12.8 Å². The van der Waals surface area contributed by atoms with Crippen molar-refractivity contribution < 1.29 is 29.4 Å². The van der Waals surface area contributed by atoms with Gasteiger partial charge in [0.1, 0.15) is 12.1 Å². The second-order valence-electron chi connectivity index (χ2n) is 7.00. The van der Waals surface area contributed by atoms with Gasteiger partial charge in [0.2, 0.25) is 11.8 Å². The Morgan fingerprint density at radius 1 is 1.03 bits per heavy atom. The third-order valence-corrected chi connectivity index (χ3v) is 4.70. The molecule has 1 rings (SSSR count). The zero-order chi connectivity index (χ0) is 22.0. The molecule has 9 nitrogen and oxygen atoms in total. The van der Waals surface area contributed by atoms with E-state index in [2.05, 4.69) is 10.6 Å². The lowest BCUT2D eigenvalue weighted by molar-refractivity contribution is -0.143. The summed E-state index contributed by atoms with van der Waals surface area (Å²) in [5.41, 5.74) is 6.49. The molecular weight excluding hydrogens is 378 g/mol. The molecule has 0 saturated carbocycles. The predicted octanol–water partition coefficient (Wildman–Crippen LogP) is 0.522. The van der Waals surface area contributed by atoms with Crippen molar-refractivity contribution >= 4 is 23.8 Å². The number of carboxylic acid groups (broad SMARTS) is 2. The van der Waals surface area contributed by atoms with E-state index in [0.717, 1.165) is 5.56 Å². The Morgan fingerprint density at radius 2 is 1.66 bits per heavy atom. The number of hydrogen-bond donors (Lipinski definition) is 5.